The molecule has 5 nitrogen and oxygen atoms in total. The van der Waals surface area contributed by atoms with Crippen LogP contribution < -0.4 is 5.32 Å². The van der Waals surface area contributed by atoms with Crippen LogP contribution in [-0.2, 0) is 4.79 Å². The van der Waals surface area contributed by atoms with Crippen LogP contribution >= 0.6 is 24.0 Å². The van der Waals surface area contributed by atoms with Gasteiger partial charge in [-0.3, -0.25) is 9.79 Å². The highest BCUT2D eigenvalue weighted by Crippen LogP contribution is 2.23. The molecule has 2 fully saturated rings. The lowest BCUT2D eigenvalue weighted by Crippen LogP contribution is -2.40. The van der Waals surface area contributed by atoms with Gasteiger partial charge >= 0.3 is 0 Å². The second-order valence-corrected chi connectivity index (χ2v) is 7.30. The predicted octanol–water partition coefficient (Wildman–Crippen LogP) is 2.95. The Balaban J connectivity index is 0.00000288. The van der Waals surface area contributed by atoms with Crippen LogP contribution in [0.25, 0.3) is 0 Å². The van der Waals surface area contributed by atoms with Crippen molar-refractivity contribution in [2.24, 2.45) is 16.8 Å². The van der Waals surface area contributed by atoms with Crippen LogP contribution in [0.2, 0.25) is 0 Å². The van der Waals surface area contributed by atoms with Gasteiger partial charge in [-0.2, -0.15) is 0 Å². The summed E-state index contributed by atoms with van der Waals surface area (Å²) in [5.41, 5.74) is 0. The molecule has 0 bridgehead atoms. The lowest BCUT2D eigenvalue weighted by molar-refractivity contribution is -0.129. The number of hydrogen-bond donors (Lipinski definition) is 1. The minimum atomic E-state index is 0. The molecule has 2 rings (SSSR count). The monoisotopic (exact) mass is 450 g/mol. The van der Waals surface area contributed by atoms with E-state index < -0.39 is 0 Å². The number of nitrogens with zero attached hydrogens (tertiary/aromatic N) is 3. The van der Waals surface area contributed by atoms with E-state index in [-0.39, 0.29) is 29.9 Å². The first-order chi connectivity index (χ1) is 11.1. The van der Waals surface area contributed by atoms with Gasteiger partial charge in [-0.15, -0.1) is 24.0 Å². The highest BCUT2D eigenvalue weighted by molar-refractivity contribution is 14.0. The Labute approximate surface area is 164 Å². The molecular weight excluding hydrogens is 415 g/mol. The van der Waals surface area contributed by atoms with Gasteiger partial charge in [0.2, 0.25) is 5.91 Å². The average molecular weight is 450 g/mol. The molecule has 1 atom stereocenters. The first kappa shape index (κ1) is 21.5. The molecule has 2 aliphatic rings. The second kappa shape index (κ2) is 11.2. The summed E-state index contributed by atoms with van der Waals surface area (Å²) < 4.78 is 0. The molecule has 24 heavy (non-hydrogen) atoms. The third-order valence-electron chi connectivity index (χ3n) is 4.77. The number of likely N-dealkylation sites (tertiary alicyclic amines) is 2. The Hall–Kier alpha value is -0.530. The zero-order valence-corrected chi connectivity index (χ0v) is 17.9. The quantitative estimate of drug-likeness (QED) is 0.385. The molecule has 0 aliphatic carbocycles. The van der Waals surface area contributed by atoms with E-state index in [2.05, 4.69) is 31.0 Å². The Morgan fingerprint density at radius 1 is 1.21 bits per heavy atom. The van der Waals surface area contributed by atoms with Crippen molar-refractivity contribution in [1.29, 1.82) is 0 Å². The Morgan fingerprint density at radius 3 is 2.54 bits per heavy atom. The van der Waals surface area contributed by atoms with Crippen molar-refractivity contribution in [2.75, 3.05) is 39.3 Å². The smallest absolute Gasteiger partial charge is 0.224 e. The van der Waals surface area contributed by atoms with E-state index in [1.54, 1.807) is 0 Å². The van der Waals surface area contributed by atoms with Crippen LogP contribution in [0.1, 0.15) is 52.9 Å². The molecule has 0 aromatic heterocycles. The van der Waals surface area contributed by atoms with Crippen LogP contribution in [0.15, 0.2) is 4.99 Å². The Bertz CT molecular complexity index is 408. The van der Waals surface area contributed by atoms with E-state index in [0.29, 0.717) is 13.0 Å². The zero-order chi connectivity index (χ0) is 16.7. The molecule has 0 radical (unpaired) electrons. The minimum absolute atomic E-state index is 0. The Kier molecular flexibility index (Phi) is 10.0. The molecule has 1 amide bonds. The van der Waals surface area contributed by atoms with Gasteiger partial charge in [-0.25, -0.2) is 0 Å². The number of aliphatic imine (C=N–C) groups is 1. The van der Waals surface area contributed by atoms with E-state index in [1.807, 2.05) is 4.90 Å². The summed E-state index contributed by atoms with van der Waals surface area (Å²) in [5.74, 6) is 2.80. The average Bonchev–Trinajstić information content (AvgIpc) is 3.17. The molecule has 2 heterocycles. The van der Waals surface area contributed by atoms with Gasteiger partial charge < -0.3 is 15.1 Å². The van der Waals surface area contributed by atoms with Crippen LogP contribution in [-0.4, -0.2) is 60.9 Å². The summed E-state index contributed by atoms with van der Waals surface area (Å²) in [7, 11) is 0. The van der Waals surface area contributed by atoms with Gasteiger partial charge in [0.05, 0.1) is 6.54 Å². The van der Waals surface area contributed by atoms with Crippen molar-refractivity contribution in [2.45, 2.75) is 52.9 Å². The number of carbonyl (C=O) groups excluding carboxylic acids is 1. The van der Waals surface area contributed by atoms with Gasteiger partial charge in [-0.05, 0) is 44.4 Å². The zero-order valence-electron chi connectivity index (χ0n) is 15.6. The molecule has 1 N–H and O–H groups in total. The van der Waals surface area contributed by atoms with Crippen LogP contribution in [0.4, 0.5) is 0 Å². The van der Waals surface area contributed by atoms with Crippen molar-refractivity contribution >= 4 is 35.8 Å². The fraction of sp³-hybridized carbons (Fsp3) is 0.889. The topological polar surface area (TPSA) is 47.9 Å². The number of nitrogens with one attached hydrogen (secondary N) is 1. The summed E-state index contributed by atoms with van der Waals surface area (Å²) >= 11 is 0. The van der Waals surface area contributed by atoms with Crippen LogP contribution in [0.3, 0.4) is 0 Å². The molecule has 0 saturated carbocycles. The normalized spacial score (nSPS) is 21.3. The van der Waals surface area contributed by atoms with Crippen molar-refractivity contribution in [3.05, 3.63) is 0 Å². The van der Waals surface area contributed by atoms with Gasteiger partial charge in [-0.1, -0.05) is 13.8 Å². The third kappa shape index (κ3) is 6.76. The van der Waals surface area contributed by atoms with E-state index in [1.165, 1.54) is 12.8 Å². The van der Waals surface area contributed by atoms with Crippen molar-refractivity contribution < 1.29 is 4.79 Å². The number of rotatable bonds is 6. The third-order valence-corrected chi connectivity index (χ3v) is 4.77. The van der Waals surface area contributed by atoms with Gasteiger partial charge in [0, 0.05) is 39.1 Å². The maximum absolute atomic E-state index is 12.1. The number of hydrogen-bond acceptors (Lipinski definition) is 2. The highest BCUT2D eigenvalue weighted by Gasteiger charge is 2.25. The van der Waals surface area contributed by atoms with Crippen LogP contribution in [0.5, 0.6) is 0 Å². The molecule has 0 spiro atoms. The van der Waals surface area contributed by atoms with Crippen molar-refractivity contribution in [3.63, 3.8) is 0 Å². The van der Waals surface area contributed by atoms with E-state index in [0.717, 1.165) is 63.4 Å². The molecule has 2 saturated heterocycles. The van der Waals surface area contributed by atoms with Crippen molar-refractivity contribution in [1.82, 2.24) is 15.1 Å². The maximum Gasteiger partial charge on any atom is 0.224 e. The summed E-state index contributed by atoms with van der Waals surface area (Å²) in [5, 5.41) is 3.39. The summed E-state index contributed by atoms with van der Waals surface area (Å²) in [4.78, 5) is 21.2. The summed E-state index contributed by atoms with van der Waals surface area (Å²) in [6, 6.07) is 0. The fourth-order valence-corrected chi connectivity index (χ4v) is 3.69. The minimum Gasteiger partial charge on any atom is -0.357 e. The predicted molar refractivity (Wildman–Crippen MR) is 111 cm³/mol. The molecule has 0 aromatic rings. The van der Waals surface area contributed by atoms with E-state index in [4.69, 9.17) is 4.99 Å². The summed E-state index contributed by atoms with van der Waals surface area (Å²) in [6.07, 6.45) is 5.40. The largest absolute Gasteiger partial charge is 0.357 e. The Morgan fingerprint density at radius 2 is 1.92 bits per heavy atom. The maximum atomic E-state index is 12.1. The number of halogens is 1. The lowest BCUT2D eigenvalue weighted by atomic mass is 9.97. The van der Waals surface area contributed by atoms with E-state index >= 15 is 0 Å². The number of carbonyl (C=O) groups is 1. The summed E-state index contributed by atoms with van der Waals surface area (Å²) in [6.45, 7) is 12.2. The fourth-order valence-electron chi connectivity index (χ4n) is 3.69. The lowest BCUT2D eigenvalue weighted by Gasteiger charge is -2.22. The molecule has 140 valence electrons. The van der Waals surface area contributed by atoms with Gasteiger partial charge in [0.1, 0.15) is 0 Å². The molecule has 6 heteroatoms. The first-order valence-electron chi connectivity index (χ1n) is 9.41. The number of guanidine groups is 1. The molecular formula is C18H35IN4O. The van der Waals surface area contributed by atoms with Crippen molar-refractivity contribution in [3.8, 4) is 0 Å². The van der Waals surface area contributed by atoms with E-state index in [9.17, 15) is 4.79 Å². The molecule has 0 aromatic carbocycles. The second-order valence-electron chi connectivity index (χ2n) is 7.30. The van der Waals surface area contributed by atoms with Crippen LogP contribution in [0, 0.1) is 11.8 Å². The first-order valence-corrected chi connectivity index (χ1v) is 9.41. The molecule has 1 unspecified atom stereocenters. The SMILES string of the molecule is CCNC(=NCCC(=O)N1CCCC1)N1CCC(CC(C)C)C1.I. The van der Waals surface area contributed by atoms with Gasteiger partial charge in [0.15, 0.2) is 5.96 Å². The standard InChI is InChI=1S/C18H34N4O.HI/c1-4-19-18(22-12-8-16(14-22)13-15(2)3)20-9-7-17(23)21-10-5-6-11-21;/h15-16H,4-14H2,1-3H3,(H,19,20);1H. The molecule has 2 aliphatic heterocycles. The van der Waals surface area contributed by atoms with Gasteiger partial charge in [0.25, 0.3) is 0 Å². The highest BCUT2D eigenvalue weighted by atomic mass is 127. The number of amides is 1.